The molecular weight excluding hydrogens is 655 g/mol. The number of hydrogen-bond acceptors (Lipinski definition) is 5. The van der Waals surface area contributed by atoms with Gasteiger partial charge < -0.3 is 0 Å². The van der Waals surface area contributed by atoms with E-state index in [1.165, 1.54) is 0 Å². The molecule has 0 heterocycles. The third kappa shape index (κ3) is 5.75. The van der Waals surface area contributed by atoms with Gasteiger partial charge in [0.2, 0.25) is 0 Å². The van der Waals surface area contributed by atoms with E-state index in [-0.39, 0.29) is 18.4 Å². The molecule has 0 aliphatic heterocycles. The minimum atomic E-state index is -8.54. The van der Waals surface area contributed by atoms with E-state index in [0.29, 0.717) is 12.1 Å². The van der Waals surface area contributed by atoms with Gasteiger partial charge in [-0.15, -0.1) is 0 Å². The number of nitro groups is 2. The van der Waals surface area contributed by atoms with Crippen LogP contribution < -0.4 is 0 Å². The fourth-order valence-electron chi connectivity index (χ4n) is 3.10. The van der Waals surface area contributed by atoms with E-state index in [1.54, 1.807) is 0 Å². The molecule has 2 rings (SSSR count). The fourth-order valence-corrected chi connectivity index (χ4v) is 3.10. The Morgan fingerprint density at radius 1 is 0.636 bits per heavy atom. The molecule has 0 amide bonds. The lowest BCUT2D eigenvalue weighted by Gasteiger charge is -2.41. The molecule has 0 radical (unpaired) electrons. The highest BCUT2D eigenvalue weighted by atomic mass is 19.4. The minimum absolute atomic E-state index is 0.187. The maximum absolute atomic E-state index is 15.0. The molecule has 242 valence electrons. The number of nitrogens with zero attached hydrogens (tertiary/aromatic N) is 3. The van der Waals surface area contributed by atoms with Crippen LogP contribution >= 0.6 is 0 Å². The first-order chi connectivity index (χ1) is 19.7. The van der Waals surface area contributed by atoms with Gasteiger partial charge in [-0.25, -0.2) is 0 Å². The Morgan fingerprint density at radius 3 is 1.57 bits per heavy atom. The Labute approximate surface area is 232 Å². The van der Waals surface area contributed by atoms with E-state index in [0.717, 1.165) is 30.3 Å². The molecule has 0 aliphatic carbocycles. The highest BCUT2D eigenvalue weighted by Gasteiger charge is 2.93. The van der Waals surface area contributed by atoms with Crippen molar-refractivity contribution in [2.24, 2.45) is 4.99 Å². The summed E-state index contributed by atoms with van der Waals surface area (Å²) in [6.07, 6.45) is -8.24. The van der Waals surface area contributed by atoms with Crippen molar-refractivity contribution >= 4 is 23.7 Å². The molecule has 0 aliphatic rings. The molecule has 22 heteroatoms. The second-order valence-corrected chi connectivity index (χ2v) is 8.40. The number of alkyl halides is 15. The summed E-state index contributed by atoms with van der Waals surface area (Å²) in [6, 6.07) is 5.68. The molecule has 0 N–H and O–H groups in total. The van der Waals surface area contributed by atoms with Crippen LogP contribution in [-0.2, 0) is 0 Å². The van der Waals surface area contributed by atoms with Crippen LogP contribution in [0.3, 0.4) is 0 Å². The molecule has 0 aromatic heterocycles. The first-order valence-corrected chi connectivity index (χ1v) is 10.8. The maximum Gasteiger partial charge on any atom is 0.460 e. The van der Waals surface area contributed by atoms with Crippen LogP contribution in [0.2, 0.25) is 0 Å². The minimum Gasteiger partial charge on any atom is -0.258 e. The van der Waals surface area contributed by atoms with Gasteiger partial charge in [0.1, 0.15) is 5.70 Å². The number of rotatable bonds is 11. The molecule has 0 atom stereocenters. The van der Waals surface area contributed by atoms with Gasteiger partial charge in [0.15, 0.2) is 0 Å². The van der Waals surface area contributed by atoms with Crippen LogP contribution in [0.5, 0.6) is 0 Å². The second-order valence-electron chi connectivity index (χ2n) is 8.40. The molecule has 0 bridgehead atoms. The van der Waals surface area contributed by atoms with Crippen molar-refractivity contribution in [3.8, 4) is 0 Å². The largest absolute Gasteiger partial charge is 0.460 e. The van der Waals surface area contributed by atoms with Crippen molar-refractivity contribution in [1.29, 1.82) is 0 Å². The number of aliphatic imine (C=N–C) groups is 1. The Morgan fingerprint density at radius 2 is 1.11 bits per heavy atom. The average Bonchev–Trinajstić information content (AvgIpc) is 2.90. The van der Waals surface area contributed by atoms with Crippen molar-refractivity contribution in [2.75, 3.05) is 0 Å². The third-order valence-electron chi connectivity index (χ3n) is 5.52. The van der Waals surface area contributed by atoms with Crippen LogP contribution in [0.25, 0.3) is 6.08 Å². The summed E-state index contributed by atoms with van der Waals surface area (Å²) in [5.41, 5.74) is -6.88. The molecule has 2 aromatic rings. The zero-order valence-electron chi connectivity index (χ0n) is 20.4. The Bertz CT molecular complexity index is 1470. The van der Waals surface area contributed by atoms with Crippen molar-refractivity contribution in [1.82, 2.24) is 0 Å². The standard InChI is InChI=1S/C22H10F15N3O4/c23-16(24,17(25,26)18(27,28)19(29,30)20(31,32)21(33,34)22(35,36)37)15(8-11-4-2-1-3-5-11)38-10-12-6-7-13(39(41)42)9-14(12)40(43)44/h1-10H/b15-8-,38-10?. The van der Waals surface area contributed by atoms with Gasteiger partial charge in [-0.1, -0.05) is 30.3 Å². The quantitative estimate of drug-likeness (QED) is 0.104. The van der Waals surface area contributed by atoms with Gasteiger partial charge in [-0.05, 0) is 17.7 Å². The van der Waals surface area contributed by atoms with Crippen LogP contribution in [0.15, 0.2) is 59.2 Å². The van der Waals surface area contributed by atoms with Gasteiger partial charge >= 0.3 is 41.7 Å². The first kappa shape index (κ1) is 35.8. The molecule has 0 fully saturated rings. The normalized spacial score (nSPS) is 14.7. The predicted molar refractivity (Wildman–Crippen MR) is 118 cm³/mol. The lowest BCUT2D eigenvalue weighted by Crippen LogP contribution is -2.72. The zero-order chi connectivity index (χ0) is 34.3. The van der Waals surface area contributed by atoms with E-state index in [4.69, 9.17) is 0 Å². The monoisotopic (exact) mass is 665 g/mol. The zero-order valence-corrected chi connectivity index (χ0v) is 20.4. The van der Waals surface area contributed by atoms with Gasteiger partial charge in [-0.3, -0.25) is 25.2 Å². The molecule has 0 spiro atoms. The van der Waals surface area contributed by atoms with Crippen molar-refractivity contribution in [2.45, 2.75) is 41.7 Å². The first-order valence-electron chi connectivity index (χ1n) is 10.8. The van der Waals surface area contributed by atoms with Crippen LogP contribution in [-0.4, -0.2) is 57.8 Å². The summed E-state index contributed by atoms with van der Waals surface area (Å²) in [5.74, 6) is -48.4. The van der Waals surface area contributed by atoms with Crippen LogP contribution in [0.4, 0.5) is 77.2 Å². The van der Waals surface area contributed by atoms with Gasteiger partial charge in [0.05, 0.1) is 21.5 Å². The number of halogens is 15. The SMILES string of the molecule is O=[N+]([O-])c1ccc(C=N/C(=C\c2ccccc2)C(F)(F)C(F)(F)C(F)(F)C(F)(F)C(F)(F)C(F)(F)C(F)(F)F)c([N+](=O)[O-])c1. The lowest BCUT2D eigenvalue weighted by atomic mass is 9.89. The predicted octanol–water partition coefficient (Wildman–Crippen LogP) is 8.34. The second kappa shape index (κ2) is 11.3. The number of allylic oxidation sites excluding steroid dienone is 1. The topological polar surface area (TPSA) is 98.6 Å². The van der Waals surface area contributed by atoms with E-state index in [1.807, 2.05) is 0 Å². The van der Waals surface area contributed by atoms with Crippen molar-refractivity contribution in [3.05, 3.63) is 85.6 Å². The summed E-state index contributed by atoms with van der Waals surface area (Å²) < 4.78 is 206. The molecule has 0 saturated heterocycles. The molecule has 0 unspecified atom stereocenters. The van der Waals surface area contributed by atoms with Crippen LogP contribution in [0, 0.1) is 20.2 Å². The smallest absolute Gasteiger partial charge is 0.258 e. The summed E-state index contributed by atoms with van der Waals surface area (Å²) in [7, 11) is 0. The Kier molecular flexibility index (Phi) is 9.16. The maximum atomic E-state index is 15.0. The highest BCUT2D eigenvalue weighted by molar-refractivity contribution is 5.87. The Hall–Kier alpha value is -4.40. The lowest BCUT2D eigenvalue weighted by molar-refractivity contribution is -0.450. The summed E-state index contributed by atoms with van der Waals surface area (Å²) >= 11 is 0. The number of hydrogen-bond donors (Lipinski definition) is 0. The van der Waals surface area contributed by atoms with E-state index >= 15 is 8.78 Å². The van der Waals surface area contributed by atoms with Crippen molar-refractivity contribution in [3.63, 3.8) is 0 Å². The van der Waals surface area contributed by atoms with Crippen molar-refractivity contribution < 1.29 is 75.7 Å². The molecule has 0 saturated carbocycles. The highest BCUT2D eigenvalue weighted by Crippen LogP contribution is 2.63. The summed E-state index contributed by atoms with van der Waals surface area (Å²) in [5, 5.41) is 22.0. The fraction of sp³-hybridized carbons (Fsp3) is 0.318. The average molecular weight is 665 g/mol. The van der Waals surface area contributed by atoms with E-state index in [9.17, 15) is 77.3 Å². The van der Waals surface area contributed by atoms with E-state index in [2.05, 4.69) is 4.99 Å². The molecule has 44 heavy (non-hydrogen) atoms. The summed E-state index contributed by atoms with van der Waals surface area (Å²) in [6.45, 7) is 0. The molecule has 7 nitrogen and oxygen atoms in total. The summed E-state index contributed by atoms with van der Waals surface area (Å²) in [4.78, 5) is 22.1. The Balaban J connectivity index is 2.82. The number of benzene rings is 2. The number of non-ortho nitro benzene ring substituents is 1. The molecular formula is C22H10F15N3O4. The van der Waals surface area contributed by atoms with Gasteiger partial charge in [-0.2, -0.15) is 65.9 Å². The molecule has 2 aromatic carbocycles. The van der Waals surface area contributed by atoms with E-state index < -0.39 is 79.8 Å². The third-order valence-corrected chi connectivity index (χ3v) is 5.52. The number of nitro benzene ring substituents is 2. The van der Waals surface area contributed by atoms with Gasteiger partial charge in [0, 0.05) is 12.3 Å². The van der Waals surface area contributed by atoms with Gasteiger partial charge in [0.25, 0.3) is 11.4 Å². The van der Waals surface area contributed by atoms with Crippen LogP contribution in [0.1, 0.15) is 11.1 Å².